The van der Waals surface area contributed by atoms with E-state index < -0.39 is 0 Å². The Kier molecular flexibility index (Phi) is 6.93. The Morgan fingerprint density at radius 2 is 1.05 bits per heavy atom. The molecule has 182 valence electrons. The van der Waals surface area contributed by atoms with E-state index in [-0.39, 0.29) is 5.41 Å². The molecule has 4 aromatic rings. The zero-order valence-corrected chi connectivity index (χ0v) is 21.9. The SMILES string of the molecule is C=CC=CCc1cccc(C2(c3cccc(CC=CC=C)c3)c3cc(C)ccc3-c3ccc(C)cc32)c1. The minimum atomic E-state index is -0.390. The first-order valence-electron chi connectivity index (χ1n) is 13.0. The van der Waals surface area contributed by atoms with Crippen molar-refractivity contribution < 1.29 is 0 Å². The number of hydrogen-bond acceptors (Lipinski definition) is 0. The molecule has 0 fully saturated rings. The Labute approximate surface area is 222 Å². The van der Waals surface area contributed by atoms with Crippen LogP contribution in [0.25, 0.3) is 11.1 Å². The average molecular weight is 479 g/mol. The lowest BCUT2D eigenvalue weighted by Gasteiger charge is -2.35. The molecule has 0 atom stereocenters. The summed E-state index contributed by atoms with van der Waals surface area (Å²) in [5, 5.41) is 0. The molecule has 0 amide bonds. The molecular formula is C37H34. The second kappa shape index (κ2) is 10.4. The minimum absolute atomic E-state index is 0.390. The third-order valence-corrected chi connectivity index (χ3v) is 7.42. The highest BCUT2D eigenvalue weighted by molar-refractivity contribution is 5.86. The largest absolute Gasteiger partial charge is 0.0991 e. The van der Waals surface area contributed by atoms with Crippen molar-refractivity contribution in [2.75, 3.05) is 0 Å². The normalized spacial score (nSPS) is 13.6. The molecule has 0 saturated carbocycles. The van der Waals surface area contributed by atoms with Gasteiger partial charge in [0.25, 0.3) is 0 Å². The number of allylic oxidation sites excluding steroid dienone is 6. The highest BCUT2D eigenvalue weighted by atomic mass is 14.5. The lowest BCUT2D eigenvalue weighted by Crippen LogP contribution is -2.29. The van der Waals surface area contributed by atoms with E-state index in [1.54, 1.807) is 0 Å². The zero-order chi connectivity index (χ0) is 25.8. The van der Waals surface area contributed by atoms with Gasteiger partial charge in [-0.3, -0.25) is 0 Å². The van der Waals surface area contributed by atoms with Crippen LogP contribution in [0, 0.1) is 13.8 Å². The van der Waals surface area contributed by atoms with Gasteiger partial charge in [-0.2, -0.15) is 0 Å². The van der Waals surface area contributed by atoms with Crippen molar-refractivity contribution in [3.63, 3.8) is 0 Å². The predicted octanol–water partition coefficient (Wildman–Crippen LogP) is 9.24. The van der Waals surface area contributed by atoms with Crippen LogP contribution >= 0.6 is 0 Å². The van der Waals surface area contributed by atoms with Crippen LogP contribution in [0.5, 0.6) is 0 Å². The molecule has 0 heteroatoms. The molecule has 0 unspecified atom stereocenters. The molecular weight excluding hydrogens is 444 g/mol. The summed E-state index contributed by atoms with van der Waals surface area (Å²) in [6, 6.07) is 32.2. The maximum absolute atomic E-state index is 3.83. The van der Waals surface area contributed by atoms with E-state index in [1.807, 2.05) is 24.3 Å². The topological polar surface area (TPSA) is 0 Å². The van der Waals surface area contributed by atoms with E-state index in [0.717, 1.165) is 12.8 Å². The Morgan fingerprint density at radius 1 is 0.595 bits per heavy atom. The van der Waals surface area contributed by atoms with E-state index in [1.165, 1.54) is 55.6 Å². The van der Waals surface area contributed by atoms with Gasteiger partial charge in [0.1, 0.15) is 0 Å². The predicted molar refractivity (Wildman–Crippen MR) is 159 cm³/mol. The van der Waals surface area contributed by atoms with Gasteiger partial charge in [-0.15, -0.1) is 0 Å². The Morgan fingerprint density at radius 3 is 1.49 bits per heavy atom. The van der Waals surface area contributed by atoms with Crippen LogP contribution in [0.15, 0.2) is 135 Å². The van der Waals surface area contributed by atoms with Crippen LogP contribution in [-0.4, -0.2) is 0 Å². The molecule has 1 aliphatic rings. The van der Waals surface area contributed by atoms with Crippen LogP contribution in [0.1, 0.15) is 44.5 Å². The van der Waals surface area contributed by atoms with Crippen molar-refractivity contribution in [3.8, 4) is 11.1 Å². The summed E-state index contributed by atoms with van der Waals surface area (Å²) in [7, 11) is 0. The summed E-state index contributed by atoms with van der Waals surface area (Å²) in [6.07, 6.45) is 13.8. The fourth-order valence-corrected chi connectivity index (χ4v) is 5.80. The molecule has 0 N–H and O–H groups in total. The summed E-state index contributed by atoms with van der Waals surface area (Å²) in [5.74, 6) is 0. The molecule has 0 saturated heterocycles. The van der Waals surface area contributed by atoms with Gasteiger partial charge in [0.15, 0.2) is 0 Å². The first-order chi connectivity index (χ1) is 18.1. The third kappa shape index (κ3) is 4.45. The smallest absolute Gasteiger partial charge is 0.0713 e. The van der Waals surface area contributed by atoms with E-state index >= 15 is 0 Å². The molecule has 5 rings (SSSR count). The molecule has 0 radical (unpaired) electrons. The number of benzene rings is 4. The van der Waals surface area contributed by atoms with E-state index in [0.29, 0.717) is 0 Å². The van der Waals surface area contributed by atoms with Crippen LogP contribution in [0.4, 0.5) is 0 Å². The zero-order valence-electron chi connectivity index (χ0n) is 21.9. The molecule has 0 aromatic heterocycles. The molecule has 0 aliphatic heterocycles. The second-order valence-corrected chi connectivity index (χ2v) is 9.98. The van der Waals surface area contributed by atoms with Gasteiger partial charge in [0.2, 0.25) is 0 Å². The summed E-state index contributed by atoms with van der Waals surface area (Å²) < 4.78 is 0. The molecule has 4 aromatic carbocycles. The van der Waals surface area contributed by atoms with E-state index in [9.17, 15) is 0 Å². The van der Waals surface area contributed by atoms with Gasteiger partial charge in [0, 0.05) is 0 Å². The fourth-order valence-electron chi connectivity index (χ4n) is 5.80. The van der Waals surface area contributed by atoms with Crippen LogP contribution in [0.3, 0.4) is 0 Å². The van der Waals surface area contributed by atoms with Crippen molar-refractivity contribution in [1.29, 1.82) is 0 Å². The maximum atomic E-state index is 3.83. The van der Waals surface area contributed by atoms with Gasteiger partial charge in [-0.1, -0.05) is 146 Å². The fraction of sp³-hybridized carbons (Fsp3) is 0.135. The van der Waals surface area contributed by atoms with E-state index in [4.69, 9.17) is 0 Å². The summed E-state index contributed by atoms with van der Waals surface area (Å²) in [6.45, 7) is 12.1. The standard InChI is InChI=1S/C37H34/c1-5-7-9-13-29-15-11-17-31(25-29)37(32-18-12-16-30(26-32)14-10-8-6-2)35-23-27(3)19-21-33(35)34-22-20-28(4)24-36(34)37/h5-12,15-26H,1-2,13-14H2,3-4H3. The number of aryl methyl sites for hydroxylation is 2. The number of hydrogen-bond donors (Lipinski definition) is 0. The van der Waals surface area contributed by atoms with Gasteiger partial charge in [0.05, 0.1) is 5.41 Å². The highest BCUT2D eigenvalue weighted by Gasteiger charge is 2.46. The quantitative estimate of drug-likeness (QED) is 0.195. The third-order valence-electron chi connectivity index (χ3n) is 7.42. The maximum Gasteiger partial charge on any atom is 0.0713 e. The van der Waals surface area contributed by atoms with Crippen LogP contribution in [0.2, 0.25) is 0 Å². The molecule has 1 aliphatic carbocycles. The number of rotatable bonds is 8. The molecule has 0 heterocycles. The van der Waals surface area contributed by atoms with Crippen molar-refractivity contribution in [2.45, 2.75) is 32.1 Å². The average Bonchev–Trinajstić information content (AvgIpc) is 3.18. The first-order valence-corrected chi connectivity index (χ1v) is 13.0. The lowest BCUT2D eigenvalue weighted by molar-refractivity contribution is 0.763. The molecule has 0 spiro atoms. The molecule has 0 bridgehead atoms. The van der Waals surface area contributed by atoms with Crippen LogP contribution < -0.4 is 0 Å². The second-order valence-electron chi connectivity index (χ2n) is 9.98. The highest BCUT2D eigenvalue weighted by Crippen LogP contribution is 2.56. The molecule has 0 nitrogen and oxygen atoms in total. The monoisotopic (exact) mass is 478 g/mol. The Hall–Kier alpha value is -4.16. The van der Waals surface area contributed by atoms with Crippen LogP contribution in [-0.2, 0) is 18.3 Å². The van der Waals surface area contributed by atoms with Gasteiger partial charge < -0.3 is 0 Å². The molecule has 37 heavy (non-hydrogen) atoms. The summed E-state index contributed by atoms with van der Waals surface area (Å²) in [4.78, 5) is 0. The van der Waals surface area contributed by atoms with Gasteiger partial charge in [-0.05, 0) is 71.2 Å². The van der Waals surface area contributed by atoms with Gasteiger partial charge in [-0.25, -0.2) is 0 Å². The van der Waals surface area contributed by atoms with Crippen molar-refractivity contribution in [3.05, 3.63) is 179 Å². The van der Waals surface area contributed by atoms with Crippen molar-refractivity contribution in [1.82, 2.24) is 0 Å². The van der Waals surface area contributed by atoms with E-state index in [2.05, 4.69) is 124 Å². The number of fused-ring (bicyclic) bond motifs is 3. The van der Waals surface area contributed by atoms with Crippen molar-refractivity contribution >= 4 is 0 Å². The van der Waals surface area contributed by atoms with Gasteiger partial charge >= 0.3 is 0 Å². The Bertz CT molecular complexity index is 1410. The Balaban J connectivity index is 1.84. The summed E-state index contributed by atoms with van der Waals surface area (Å²) >= 11 is 0. The van der Waals surface area contributed by atoms with Crippen molar-refractivity contribution in [2.24, 2.45) is 0 Å². The lowest BCUT2D eigenvalue weighted by atomic mass is 9.66. The minimum Gasteiger partial charge on any atom is -0.0991 e. The summed E-state index contributed by atoms with van der Waals surface area (Å²) in [5.41, 5.74) is 12.8. The first kappa shape index (κ1) is 24.5.